The summed E-state index contributed by atoms with van der Waals surface area (Å²) in [5.41, 5.74) is 0. The molecule has 0 unspecified atom stereocenters. The molecule has 0 saturated carbocycles. The molecular formula is C8H11ClOS5. The van der Waals surface area contributed by atoms with Crippen molar-refractivity contribution < 1.29 is 4.79 Å². The zero-order chi connectivity index (χ0) is 10.9. The fourth-order valence-corrected chi connectivity index (χ4v) is 11.9. The standard InChI is InChI=1S/C8H11ClOS5/c1-5(10)13-7-4-12-8(15-7)11-3-6(2-9)14-8/h6-7H,2-4H2,1H3/t6-,7+,8-/m1/s1. The van der Waals surface area contributed by atoms with Gasteiger partial charge in [0.1, 0.15) is 0 Å². The first-order valence-electron chi connectivity index (χ1n) is 4.50. The van der Waals surface area contributed by atoms with Gasteiger partial charge < -0.3 is 0 Å². The van der Waals surface area contributed by atoms with Crippen molar-refractivity contribution >= 4 is 75.5 Å². The van der Waals surface area contributed by atoms with E-state index in [2.05, 4.69) is 0 Å². The second-order valence-corrected chi connectivity index (χ2v) is 12.1. The molecule has 2 saturated heterocycles. The minimum absolute atomic E-state index is 0.229. The number of thioether (sulfide) groups is 5. The molecule has 15 heavy (non-hydrogen) atoms. The SMILES string of the molecule is CC(=O)S[C@@H]1CS[C@@]2(SC[C@@H](CCl)S2)S1. The minimum atomic E-state index is 0.229. The molecule has 0 radical (unpaired) electrons. The average molecular weight is 319 g/mol. The van der Waals surface area contributed by atoms with E-state index in [4.69, 9.17) is 11.6 Å². The monoisotopic (exact) mass is 318 g/mol. The van der Waals surface area contributed by atoms with Crippen molar-refractivity contribution in [3.63, 3.8) is 0 Å². The Bertz CT molecular complexity index is 263. The Kier molecular flexibility index (Phi) is 4.88. The van der Waals surface area contributed by atoms with E-state index >= 15 is 0 Å². The fraction of sp³-hybridized carbons (Fsp3) is 0.875. The van der Waals surface area contributed by atoms with Gasteiger partial charge in [0, 0.05) is 29.6 Å². The second kappa shape index (κ2) is 5.57. The molecule has 2 heterocycles. The molecule has 2 rings (SSSR count). The first-order valence-corrected chi connectivity index (χ1v) is 9.65. The van der Waals surface area contributed by atoms with Crippen LogP contribution in [0.4, 0.5) is 0 Å². The summed E-state index contributed by atoms with van der Waals surface area (Å²) in [5, 5.41) is 0.810. The van der Waals surface area contributed by atoms with E-state index in [1.165, 1.54) is 11.8 Å². The van der Waals surface area contributed by atoms with E-state index in [9.17, 15) is 4.79 Å². The first-order chi connectivity index (χ1) is 7.13. The van der Waals surface area contributed by atoms with E-state index in [1.54, 1.807) is 6.92 Å². The minimum Gasteiger partial charge on any atom is -0.288 e. The number of hydrogen-bond donors (Lipinski definition) is 0. The quantitative estimate of drug-likeness (QED) is 0.716. The summed E-state index contributed by atoms with van der Waals surface area (Å²) >= 11 is 15.3. The summed E-state index contributed by atoms with van der Waals surface area (Å²) in [6.07, 6.45) is 0. The van der Waals surface area contributed by atoms with Crippen LogP contribution in [0.15, 0.2) is 0 Å². The van der Waals surface area contributed by atoms with Crippen LogP contribution >= 0.6 is 70.4 Å². The molecule has 3 atom stereocenters. The van der Waals surface area contributed by atoms with E-state index in [-0.39, 0.29) is 7.86 Å². The molecule has 2 aliphatic rings. The molecule has 0 aliphatic carbocycles. The van der Waals surface area contributed by atoms with E-state index in [1.807, 2.05) is 47.0 Å². The molecule has 0 aromatic rings. The van der Waals surface area contributed by atoms with Gasteiger partial charge in [-0.1, -0.05) is 11.8 Å². The van der Waals surface area contributed by atoms with Crippen LogP contribution in [0.25, 0.3) is 0 Å². The third kappa shape index (κ3) is 3.35. The highest BCUT2D eigenvalue weighted by Gasteiger charge is 2.48. The van der Waals surface area contributed by atoms with Crippen molar-refractivity contribution in [2.45, 2.75) is 19.5 Å². The molecule has 2 fully saturated rings. The number of alkyl halides is 1. The average Bonchev–Trinajstić information content (AvgIpc) is 2.74. The summed E-state index contributed by atoms with van der Waals surface area (Å²) in [5.74, 6) is 2.96. The van der Waals surface area contributed by atoms with Crippen LogP contribution in [-0.2, 0) is 4.79 Å². The van der Waals surface area contributed by atoms with Crippen LogP contribution in [0.3, 0.4) is 0 Å². The third-order valence-corrected chi connectivity index (χ3v) is 11.7. The summed E-state index contributed by atoms with van der Waals surface area (Å²) in [7, 11) is 0. The molecule has 0 aromatic carbocycles. The van der Waals surface area contributed by atoms with Gasteiger partial charge in [-0.05, 0) is 0 Å². The van der Waals surface area contributed by atoms with Gasteiger partial charge in [-0.25, -0.2) is 0 Å². The zero-order valence-electron chi connectivity index (χ0n) is 8.10. The van der Waals surface area contributed by atoms with Gasteiger partial charge in [0.25, 0.3) is 0 Å². The van der Waals surface area contributed by atoms with Gasteiger partial charge in [-0.3, -0.25) is 4.79 Å². The molecule has 1 spiro atoms. The lowest BCUT2D eigenvalue weighted by molar-refractivity contribution is -0.109. The largest absolute Gasteiger partial charge is 0.288 e. The van der Waals surface area contributed by atoms with Crippen molar-refractivity contribution in [1.82, 2.24) is 0 Å². The molecule has 0 aromatic heterocycles. The highest BCUT2D eigenvalue weighted by Crippen LogP contribution is 2.68. The van der Waals surface area contributed by atoms with Crippen molar-refractivity contribution in [1.29, 1.82) is 0 Å². The van der Waals surface area contributed by atoms with Crippen molar-refractivity contribution in [2.24, 2.45) is 0 Å². The Hall–Kier alpha value is 1.71. The smallest absolute Gasteiger partial charge is 0.186 e. The Morgan fingerprint density at radius 2 is 2.20 bits per heavy atom. The molecule has 0 bridgehead atoms. The van der Waals surface area contributed by atoms with Crippen LogP contribution in [0.1, 0.15) is 6.92 Å². The maximum absolute atomic E-state index is 11.0. The van der Waals surface area contributed by atoms with E-state index in [0.717, 1.165) is 17.4 Å². The molecule has 2 aliphatic heterocycles. The predicted molar refractivity (Wildman–Crippen MR) is 79.4 cm³/mol. The van der Waals surface area contributed by atoms with Crippen LogP contribution < -0.4 is 0 Å². The van der Waals surface area contributed by atoms with Crippen LogP contribution in [0.5, 0.6) is 0 Å². The Labute approximate surface area is 116 Å². The lowest BCUT2D eigenvalue weighted by Gasteiger charge is -2.19. The highest BCUT2D eigenvalue weighted by molar-refractivity contribution is 8.53. The van der Waals surface area contributed by atoms with Gasteiger partial charge in [0.2, 0.25) is 0 Å². The molecular weight excluding hydrogens is 308 g/mol. The number of halogens is 1. The zero-order valence-corrected chi connectivity index (χ0v) is 12.9. The Morgan fingerprint density at radius 1 is 1.47 bits per heavy atom. The maximum Gasteiger partial charge on any atom is 0.186 e. The number of carbonyl (C=O) groups is 1. The maximum atomic E-state index is 11.0. The molecule has 7 heteroatoms. The van der Waals surface area contributed by atoms with Crippen LogP contribution in [0, 0.1) is 0 Å². The van der Waals surface area contributed by atoms with Gasteiger partial charge in [-0.2, -0.15) is 0 Å². The van der Waals surface area contributed by atoms with Gasteiger partial charge in [0.05, 0.1) is 4.58 Å². The second-order valence-electron chi connectivity index (χ2n) is 3.17. The van der Waals surface area contributed by atoms with Gasteiger partial charge >= 0.3 is 0 Å². The first kappa shape index (κ1) is 13.1. The molecule has 0 N–H and O–H groups in total. The number of carbonyl (C=O) groups excluding carboxylic acids is 1. The van der Waals surface area contributed by atoms with Crippen LogP contribution in [0.2, 0.25) is 0 Å². The predicted octanol–water partition coefficient (Wildman–Crippen LogP) is 3.77. The van der Waals surface area contributed by atoms with Gasteiger partial charge in [-0.15, -0.1) is 58.6 Å². The van der Waals surface area contributed by atoms with Crippen LogP contribution in [-0.4, -0.2) is 35.1 Å². The fourth-order valence-electron chi connectivity index (χ4n) is 1.32. The normalized spacial score (nSPS) is 40.1. The summed E-state index contributed by atoms with van der Waals surface area (Å²) in [6, 6.07) is 0. The summed E-state index contributed by atoms with van der Waals surface area (Å²) in [4.78, 5) is 11.0. The number of hydrogen-bond acceptors (Lipinski definition) is 6. The molecule has 0 amide bonds. The molecule has 86 valence electrons. The van der Waals surface area contributed by atoms with Crippen molar-refractivity contribution in [3.8, 4) is 0 Å². The Balaban J connectivity index is 1.89. The third-order valence-electron chi connectivity index (χ3n) is 1.90. The van der Waals surface area contributed by atoms with E-state index < -0.39 is 0 Å². The van der Waals surface area contributed by atoms with Gasteiger partial charge in [0.15, 0.2) is 7.86 Å². The molecule has 1 nitrogen and oxygen atoms in total. The lowest BCUT2D eigenvalue weighted by Crippen LogP contribution is -2.05. The number of rotatable bonds is 2. The topological polar surface area (TPSA) is 17.1 Å². The van der Waals surface area contributed by atoms with E-state index in [0.29, 0.717) is 9.83 Å². The lowest BCUT2D eigenvalue weighted by atomic mass is 10.6. The summed E-state index contributed by atoms with van der Waals surface area (Å²) in [6.45, 7) is 1.65. The van der Waals surface area contributed by atoms with Crippen molar-refractivity contribution in [2.75, 3.05) is 17.4 Å². The van der Waals surface area contributed by atoms with Crippen molar-refractivity contribution in [3.05, 3.63) is 0 Å². The highest BCUT2D eigenvalue weighted by atomic mass is 35.5. The summed E-state index contributed by atoms with van der Waals surface area (Å²) < 4.78 is 0.661. The Morgan fingerprint density at radius 3 is 2.80 bits per heavy atom.